The first kappa shape index (κ1) is 15.3. The molecule has 0 saturated heterocycles. The van der Waals surface area contributed by atoms with Crippen molar-refractivity contribution >= 4 is 39.1 Å². The number of rotatable bonds is 4. The van der Waals surface area contributed by atoms with Crippen LogP contribution in [0.15, 0.2) is 22.7 Å². The summed E-state index contributed by atoms with van der Waals surface area (Å²) in [5, 5.41) is 4.81. The molecule has 0 bridgehead atoms. The van der Waals surface area contributed by atoms with Crippen LogP contribution in [0.3, 0.4) is 0 Å². The number of benzene rings is 1. The predicted octanol–water partition coefficient (Wildman–Crippen LogP) is 3.19. The predicted molar refractivity (Wildman–Crippen MR) is 66.7 cm³/mol. The van der Waals surface area contributed by atoms with E-state index in [0.29, 0.717) is 15.2 Å². The Labute approximate surface area is 115 Å². The molecule has 1 rings (SSSR count). The van der Waals surface area contributed by atoms with Crippen LogP contribution in [0.2, 0.25) is 5.02 Å². The lowest BCUT2D eigenvalue weighted by Gasteiger charge is -2.09. The van der Waals surface area contributed by atoms with Crippen LogP contribution in [-0.2, 0) is 4.79 Å². The molecule has 0 aliphatic heterocycles. The van der Waals surface area contributed by atoms with Gasteiger partial charge in [-0.1, -0.05) is 11.6 Å². The van der Waals surface area contributed by atoms with Crippen molar-refractivity contribution in [1.82, 2.24) is 5.32 Å². The van der Waals surface area contributed by atoms with Gasteiger partial charge in [-0.15, -0.1) is 0 Å². The molecule has 0 aromatic heterocycles. The highest BCUT2D eigenvalue weighted by atomic mass is 79.9. The average molecular weight is 346 g/mol. The van der Waals surface area contributed by atoms with E-state index < -0.39 is 25.2 Å². The Morgan fingerprint density at radius 3 is 2.61 bits per heavy atom. The summed E-state index contributed by atoms with van der Waals surface area (Å²) in [4.78, 5) is 11.3. The lowest BCUT2D eigenvalue weighted by molar-refractivity contribution is -0.126. The van der Waals surface area contributed by atoms with E-state index in [1.165, 1.54) is 6.07 Å². The minimum atomic E-state index is -4.33. The topological polar surface area (TPSA) is 41.1 Å². The number of halogens is 5. The van der Waals surface area contributed by atoms with Crippen LogP contribution < -0.4 is 10.6 Å². The monoisotopic (exact) mass is 344 g/mol. The van der Waals surface area contributed by atoms with Gasteiger partial charge in [0.2, 0.25) is 5.91 Å². The minimum Gasteiger partial charge on any atom is -0.325 e. The van der Waals surface area contributed by atoms with Gasteiger partial charge in [-0.05, 0) is 34.1 Å². The van der Waals surface area contributed by atoms with E-state index in [2.05, 4.69) is 21.2 Å². The Balaban J connectivity index is 2.42. The van der Waals surface area contributed by atoms with E-state index in [0.717, 1.165) is 0 Å². The van der Waals surface area contributed by atoms with Gasteiger partial charge in [-0.2, -0.15) is 13.2 Å². The molecular formula is C10H9BrClF3N2O. The van der Waals surface area contributed by atoms with Gasteiger partial charge in [-0.3, -0.25) is 4.79 Å². The van der Waals surface area contributed by atoms with Crippen molar-refractivity contribution in [2.45, 2.75) is 6.18 Å². The average Bonchev–Trinajstić information content (AvgIpc) is 2.21. The number of carbonyl (C=O) groups is 1. The molecule has 0 aliphatic rings. The molecule has 0 fully saturated rings. The fourth-order valence-electron chi connectivity index (χ4n) is 1.10. The van der Waals surface area contributed by atoms with Crippen LogP contribution in [-0.4, -0.2) is 25.2 Å². The van der Waals surface area contributed by atoms with Crippen LogP contribution in [0.25, 0.3) is 0 Å². The number of hydrogen-bond acceptors (Lipinski definition) is 2. The molecule has 0 unspecified atom stereocenters. The van der Waals surface area contributed by atoms with Crippen molar-refractivity contribution in [2.24, 2.45) is 0 Å². The highest BCUT2D eigenvalue weighted by molar-refractivity contribution is 9.10. The summed E-state index contributed by atoms with van der Waals surface area (Å²) in [6.45, 7) is -1.63. The number of alkyl halides is 3. The normalized spacial score (nSPS) is 11.4. The number of carbonyl (C=O) groups excluding carboxylic acids is 1. The molecule has 0 spiro atoms. The zero-order valence-corrected chi connectivity index (χ0v) is 11.3. The zero-order valence-electron chi connectivity index (χ0n) is 8.94. The molecule has 3 nitrogen and oxygen atoms in total. The third-order valence-corrected chi connectivity index (χ3v) is 3.05. The van der Waals surface area contributed by atoms with Crippen molar-refractivity contribution in [3.8, 4) is 0 Å². The molecule has 1 aromatic rings. The summed E-state index contributed by atoms with van der Waals surface area (Å²) in [5.74, 6) is -0.572. The van der Waals surface area contributed by atoms with Gasteiger partial charge in [0.15, 0.2) is 0 Å². The summed E-state index contributed by atoms with van der Waals surface area (Å²) in [7, 11) is 0. The van der Waals surface area contributed by atoms with Crippen LogP contribution in [0.1, 0.15) is 0 Å². The second kappa shape index (κ2) is 6.40. The molecule has 0 atom stereocenters. The summed E-state index contributed by atoms with van der Waals surface area (Å²) in [6, 6.07) is 4.70. The molecular weight excluding hydrogens is 336 g/mol. The van der Waals surface area contributed by atoms with Gasteiger partial charge in [0, 0.05) is 10.2 Å². The maximum Gasteiger partial charge on any atom is 0.401 e. The smallest absolute Gasteiger partial charge is 0.325 e. The number of anilines is 1. The van der Waals surface area contributed by atoms with Gasteiger partial charge in [0.25, 0.3) is 0 Å². The van der Waals surface area contributed by atoms with Crippen molar-refractivity contribution in [3.63, 3.8) is 0 Å². The van der Waals surface area contributed by atoms with Crippen molar-refractivity contribution in [3.05, 3.63) is 27.7 Å². The van der Waals surface area contributed by atoms with Crippen LogP contribution in [0, 0.1) is 0 Å². The fourth-order valence-corrected chi connectivity index (χ4v) is 1.52. The van der Waals surface area contributed by atoms with Gasteiger partial charge >= 0.3 is 6.18 Å². The lowest BCUT2D eigenvalue weighted by atomic mass is 10.3. The first-order chi connectivity index (χ1) is 8.28. The molecule has 18 heavy (non-hydrogen) atoms. The van der Waals surface area contributed by atoms with E-state index in [1.807, 2.05) is 5.32 Å². The third kappa shape index (κ3) is 5.70. The standard InChI is InChI=1S/C10H9BrClF3N2O/c11-7-2-1-6(3-8(7)12)17-9(18)4-16-5-10(13,14)15/h1-3,16H,4-5H2,(H,17,18). The minimum absolute atomic E-state index is 0.399. The van der Waals surface area contributed by atoms with Crippen LogP contribution in [0.4, 0.5) is 18.9 Å². The molecule has 0 aliphatic carbocycles. The van der Waals surface area contributed by atoms with E-state index in [1.54, 1.807) is 12.1 Å². The van der Waals surface area contributed by atoms with E-state index in [-0.39, 0.29) is 0 Å². The fraction of sp³-hybridized carbons (Fsp3) is 0.300. The first-order valence-corrected chi connectivity index (χ1v) is 5.97. The summed E-state index contributed by atoms with van der Waals surface area (Å²) in [5.41, 5.74) is 0.419. The third-order valence-electron chi connectivity index (χ3n) is 1.81. The van der Waals surface area contributed by atoms with Crippen LogP contribution in [0.5, 0.6) is 0 Å². The second-order valence-electron chi connectivity index (χ2n) is 3.40. The molecule has 0 saturated carbocycles. The molecule has 0 heterocycles. The molecule has 1 aromatic carbocycles. The Morgan fingerprint density at radius 2 is 2.06 bits per heavy atom. The molecule has 2 N–H and O–H groups in total. The molecule has 0 radical (unpaired) electrons. The van der Waals surface area contributed by atoms with E-state index >= 15 is 0 Å². The highest BCUT2D eigenvalue weighted by Gasteiger charge is 2.26. The van der Waals surface area contributed by atoms with Gasteiger partial charge in [0.05, 0.1) is 18.1 Å². The molecule has 1 amide bonds. The van der Waals surface area contributed by atoms with Gasteiger partial charge in [0.1, 0.15) is 0 Å². The summed E-state index contributed by atoms with van der Waals surface area (Å²) in [6.07, 6.45) is -4.33. The lowest BCUT2D eigenvalue weighted by Crippen LogP contribution is -2.35. The van der Waals surface area contributed by atoms with Crippen molar-refractivity contribution < 1.29 is 18.0 Å². The first-order valence-electron chi connectivity index (χ1n) is 4.80. The maximum atomic E-state index is 11.8. The Morgan fingerprint density at radius 1 is 1.39 bits per heavy atom. The van der Waals surface area contributed by atoms with Crippen molar-refractivity contribution in [2.75, 3.05) is 18.4 Å². The van der Waals surface area contributed by atoms with Gasteiger partial charge in [-0.25, -0.2) is 0 Å². The summed E-state index contributed by atoms with van der Waals surface area (Å²) >= 11 is 8.98. The Bertz CT molecular complexity index is 440. The maximum absolute atomic E-state index is 11.8. The molecule has 8 heteroatoms. The quantitative estimate of drug-likeness (QED) is 0.880. The highest BCUT2D eigenvalue weighted by Crippen LogP contribution is 2.25. The number of amides is 1. The van der Waals surface area contributed by atoms with Crippen molar-refractivity contribution in [1.29, 1.82) is 0 Å². The largest absolute Gasteiger partial charge is 0.401 e. The zero-order chi connectivity index (χ0) is 13.8. The van der Waals surface area contributed by atoms with E-state index in [9.17, 15) is 18.0 Å². The Hall–Kier alpha value is -0.790. The van der Waals surface area contributed by atoms with Gasteiger partial charge < -0.3 is 10.6 Å². The summed E-state index contributed by atoms with van der Waals surface area (Å²) < 4.78 is 36.1. The van der Waals surface area contributed by atoms with Crippen LogP contribution >= 0.6 is 27.5 Å². The molecule has 100 valence electrons. The second-order valence-corrected chi connectivity index (χ2v) is 4.66. The SMILES string of the molecule is O=C(CNCC(F)(F)F)Nc1ccc(Br)c(Cl)c1. The van der Waals surface area contributed by atoms with E-state index in [4.69, 9.17) is 11.6 Å². The Kier molecular flexibility index (Phi) is 5.43. The number of hydrogen-bond donors (Lipinski definition) is 2. The number of nitrogens with one attached hydrogen (secondary N) is 2.